The topological polar surface area (TPSA) is 67.6 Å². The monoisotopic (exact) mass is 242 g/mol. The van der Waals surface area contributed by atoms with Gasteiger partial charge in [-0.3, -0.25) is 0 Å². The molecule has 0 radical (unpaired) electrons. The number of aromatic nitrogens is 2. The van der Waals surface area contributed by atoms with E-state index in [1.165, 1.54) is 0 Å². The molecule has 1 heterocycles. The molecule has 0 saturated carbocycles. The molecule has 0 unspecified atom stereocenters. The van der Waals surface area contributed by atoms with E-state index in [4.69, 9.17) is 11.0 Å². The minimum Gasteiger partial charge on any atom is -0.369 e. The molecule has 0 aliphatic rings. The number of rotatable bonds is 2. The van der Waals surface area contributed by atoms with E-state index in [1.807, 2.05) is 16.7 Å². The predicted molar refractivity (Wildman–Crippen MR) is 72.9 cm³/mol. The molecule has 1 aromatic carbocycles. The summed E-state index contributed by atoms with van der Waals surface area (Å²) in [6, 6.07) is 7.61. The lowest BCUT2D eigenvalue weighted by atomic mass is 9.92. The van der Waals surface area contributed by atoms with Crippen LogP contribution in [0.5, 0.6) is 0 Å². The number of nitrogen functional groups attached to an aromatic ring is 1. The summed E-state index contributed by atoms with van der Waals surface area (Å²) in [6.07, 6.45) is 1.01. The number of nitriles is 1. The van der Waals surface area contributed by atoms with E-state index in [0.29, 0.717) is 11.5 Å². The number of hydrogen-bond acceptors (Lipinski definition) is 3. The molecule has 0 spiro atoms. The Labute approximate surface area is 107 Å². The number of benzene rings is 1. The zero-order valence-corrected chi connectivity index (χ0v) is 11.1. The fraction of sp³-hybridized carbons (Fsp3) is 0.429. The average molecular weight is 242 g/mol. The van der Waals surface area contributed by atoms with Crippen LogP contribution in [-0.4, -0.2) is 9.55 Å². The van der Waals surface area contributed by atoms with Gasteiger partial charge in [0, 0.05) is 6.54 Å². The van der Waals surface area contributed by atoms with Crippen LogP contribution in [0, 0.1) is 16.7 Å². The highest BCUT2D eigenvalue weighted by molar-refractivity contribution is 5.79. The molecule has 0 amide bonds. The molecule has 0 bridgehead atoms. The van der Waals surface area contributed by atoms with Gasteiger partial charge in [-0.05, 0) is 30.0 Å². The fourth-order valence-electron chi connectivity index (χ4n) is 1.89. The highest BCUT2D eigenvalue weighted by atomic mass is 15.1. The number of aryl methyl sites for hydroxylation is 1. The minimum absolute atomic E-state index is 0.246. The van der Waals surface area contributed by atoms with Gasteiger partial charge in [0.25, 0.3) is 0 Å². The van der Waals surface area contributed by atoms with Crippen molar-refractivity contribution in [1.29, 1.82) is 5.26 Å². The third-order valence-electron chi connectivity index (χ3n) is 2.99. The molecular weight excluding hydrogens is 224 g/mol. The predicted octanol–water partition coefficient (Wildman–Crippen LogP) is 2.93. The molecule has 18 heavy (non-hydrogen) atoms. The first kappa shape index (κ1) is 12.4. The number of fused-ring (bicyclic) bond motifs is 1. The summed E-state index contributed by atoms with van der Waals surface area (Å²) in [5, 5.41) is 8.94. The van der Waals surface area contributed by atoms with Gasteiger partial charge in [-0.1, -0.05) is 20.8 Å². The van der Waals surface area contributed by atoms with Gasteiger partial charge in [-0.25, -0.2) is 4.98 Å². The molecule has 2 aromatic rings. The van der Waals surface area contributed by atoms with Crippen LogP contribution < -0.4 is 5.73 Å². The first-order chi connectivity index (χ1) is 8.40. The zero-order valence-electron chi connectivity index (χ0n) is 11.1. The van der Waals surface area contributed by atoms with Gasteiger partial charge in [-0.15, -0.1) is 0 Å². The molecule has 94 valence electrons. The Kier molecular flexibility index (Phi) is 3.00. The third kappa shape index (κ3) is 2.45. The largest absolute Gasteiger partial charge is 0.369 e. The molecule has 2 N–H and O–H groups in total. The van der Waals surface area contributed by atoms with Crippen LogP contribution in [0.4, 0.5) is 5.95 Å². The molecule has 0 aliphatic heterocycles. The van der Waals surface area contributed by atoms with Crippen molar-refractivity contribution < 1.29 is 0 Å². The number of nitrogens with two attached hydrogens (primary N) is 1. The van der Waals surface area contributed by atoms with E-state index in [0.717, 1.165) is 24.0 Å². The lowest BCUT2D eigenvalue weighted by molar-refractivity contribution is 0.354. The van der Waals surface area contributed by atoms with E-state index in [2.05, 4.69) is 31.8 Å². The SMILES string of the molecule is CC(C)(C)CCn1c(N)nc2ccc(C#N)cc21. The van der Waals surface area contributed by atoms with E-state index < -0.39 is 0 Å². The molecule has 1 aromatic heterocycles. The number of imidazole rings is 1. The summed E-state index contributed by atoms with van der Waals surface area (Å²) in [7, 11) is 0. The van der Waals surface area contributed by atoms with Gasteiger partial charge < -0.3 is 10.3 Å². The molecule has 4 nitrogen and oxygen atoms in total. The van der Waals surface area contributed by atoms with Crippen molar-refractivity contribution in [2.45, 2.75) is 33.7 Å². The maximum Gasteiger partial charge on any atom is 0.201 e. The second kappa shape index (κ2) is 4.34. The van der Waals surface area contributed by atoms with Crippen LogP contribution in [0.25, 0.3) is 11.0 Å². The van der Waals surface area contributed by atoms with Gasteiger partial charge in [0.15, 0.2) is 0 Å². The second-order valence-corrected chi connectivity index (χ2v) is 5.75. The Morgan fingerprint density at radius 1 is 1.39 bits per heavy atom. The first-order valence-electron chi connectivity index (χ1n) is 6.06. The minimum atomic E-state index is 0.246. The van der Waals surface area contributed by atoms with Crippen LogP contribution in [0.2, 0.25) is 0 Å². The van der Waals surface area contributed by atoms with E-state index in [1.54, 1.807) is 6.07 Å². The van der Waals surface area contributed by atoms with Crippen molar-refractivity contribution in [3.8, 4) is 6.07 Å². The summed E-state index contributed by atoms with van der Waals surface area (Å²) < 4.78 is 1.99. The Morgan fingerprint density at radius 2 is 2.11 bits per heavy atom. The van der Waals surface area contributed by atoms with E-state index in [9.17, 15) is 0 Å². The van der Waals surface area contributed by atoms with E-state index in [-0.39, 0.29) is 5.41 Å². The summed E-state index contributed by atoms with van der Waals surface area (Å²) in [6.45, 7) is 7.41. The van der Waals surface area contributed by atoms with Crippen LogP contribution >= 0.6 is 0 Å². The van der Waals surface area contributed by atoms with Gasteiger partial charge in [0.05, 0.1) is 22.7 Å². The van der Waals surface area contributed by atoms with Crippen molar-refractivity contribution in [1.82, 2.24) is 9.55 Å². The highest BCUT2D eigenvalue weighted by Gasteiger charge is 2.14. The van der Waals surface area contributed by atoms with Crippen molar-refractivity contribution in [2.24, 2.45) is 5.41 Å². The molecule has 4 heteroatoms. The number of nitrogens with zero attached hydrogens (tertiary/aromatic N) is 3. The third-order valence-corrected chi connectivity index (χ3v) is 2.99. The van der Waals surface area contributed by atoms with Gasteiger partial charge >= 0.3 is 0 Å². The summed E-state index contributed by atoms with van der Waals surface area (Å²) >= 11 is 0. The molecule has 0 saturated heterocycles. The van der Waals surface area contributed by atoms with Crippen molar-refractivity contribution in [3.63, 3.8) is 0 Å². The Hall–Kier alpha value is -2.02. The Morgan fingerprint density at radius 3 is 2.72 bits per heavy atom. The normalized spacial score (nSPS) is 11.7. The zero-order chi connectivity index (χ0) is 13.3. The summed E-state index contributed by atoms with van der Waals surface area (Å²) in [4.78, 5) is 4.32. The van der Waals surface area contributed by atoms with Crippen LogP contribution in [-0.2, 0) is 6.54 Å². The molecule has 0 aliphatic carbocycles. The van der Waals surface area contributed by atoms with Gasteiger partial charge in [0.1, 0.15) is 0 Å². The lowest BCUT2D eigenvalue weighted by Crippen LogP contribution is -2.12. The van der Waals surface area contributed by atoms with Crippen molar-refractivity contribution in [3.05, 3.63) is 23.8 Å². The van der Waals surface area contributed by atoms with E-state index >= 15 is 0 Å². The smallest absolute Gasteiger partial charge is 0.201 e. The molecule has 0 atom stereocenters. The second-order valence-electron chi connectivity index (χ2n) is 5.75. The number of hydrogen-bond donors (Lipinski definition) is 1. The fourth-order valence-corrected chi connectivity index (χ4v) is 1.89. The van der Waals surface area contributed by atoms with Crippen molar-refractivity contribution >= 4 is 17.0 Å². The lowest BCUT2D eigenvalue weighted by Gasteiger charge is -2.18. The molecular formula is C14H18N4. The van der Waals surface area contributed by atoms with Crippen LogP contribution in [0.1, 0.15) is 32.8 Å². The summed E-state index contributed by atoms with van der Waals surface area (Å²) in [5.41, 5.74) is 8.62. The first-order valence-corrected chi connectivity index (χ1v) is 6.06. The van der Waals surface area contributed by atoms with Gasteiger partial charge in [-0.2, -0.15) is 5.26 Å². The number of anilines is 1. The maximum absolute atomic E-state index is 8.94. The van der Waals surface area contributed by atoms with Crippen molar-refractivity contribution in [2.75, 3.05) is 5.73 Å². The molecule has 2 rings (SSSR count). The van der Waals surface area contributed by atoms with Crippen LogP contribution in [0.15, 0.2) is 18.2 Å². The van der Waals surface area contributed by atoms with Crippen LogP contribution in [0.3, 0.4) is 0 Å². The standard InChI is InChI=1S/C14H18N4/c1-14(2,3)6-7-18-12-8-10(9-15)4-5-11(12)17-13(18)16/h4-5,8H,6-7H2,1-3H3,(H2,16,17). The summed E-state index contributed by atoms with van der Waals surface area (Å²) in [5.74, 6) is 0.518. The Bertz CT molecular complexity index is 611. The average Bonchev–Trinajstić information content (AvgIpc) is 2.60. The van der Waals surface area contributed by atoms with Gasteiger partial charge in [0.2, 0.25) is 5.95 Å². The quantitative estimate of drug-likeness (QED) is 0.880. The highest BCUT2D eigenvalue weighted by Crippen LogP contribution is 2.24. The maximum atomic E-state index is 8.94. The Balaban J connectivity index is 2.43. The molecule has 0 fully saturated rings.